The molecule has 2 rings (SSSR count). The van der Waals surface area contributed by atoms with Crippen LogP contribution in [0.4, 0.5) is 0 Å². The minimum Gasteiger partial charge on any atom is -0.313 e. The highest BCUT2D eigenvalue weighted by Gasteiger charge is 2.08. The summed E-state index contributed by atoms with van der Waals surface area (Å²) in [7, 11) is 3.94. The smallest absolute Gasteiger partial charge is 0.0682 e. The molecule has 1 N–H and O–H groups in total. The Labute approximate surface area is 83.7 Å². The van der Waals surface area contributed by atoms with Crippen LogP contribution < -0.4 is 5.32 Å². The molecule has 1 aromatic heterocycles. The Morgan fingerprint density at radius 1 is 1.43 bits per heavy atom. The number of nitrogens with zero attached hydrogens (tertiary/aromatic N) is 2. The predicted molar refractivity (Wildman–Crippen MR) is 58.2 cm³/mol. The fraction of sp³-hybridized carbons (Fsp3) is 0.364. The molecule has 0 aliphatic rings. The normalized spacial score (nSPS) is 13.4. The van der Waals surface area contributed by atoms with Crippen molar-refractivity contribution < 1.29 is 0 Å². The van der Waals surface area contributed by atoms with E-state index < -0.39 is 0 Å². The summed E-state index contributed by atoms with van der Waals surface area (Å²) in [4.78, 5) is 0. The number of aryl methyl sites for hydroxylation is 1. The first kappa shape index (κ1) is 9.21. The molecule has 1 unspecified atom stereocenters. The average Bonchev–Trinajstić information content (AvgIpc) is 2.59. The van der Waals surface area contributed by atoms with Crippen LogP contribution in [0.15, 0.2) is 24.4 Å². The van der Waals surface area contributed by atoms with Gasteiger partial charge in [-0.3, -0.25) is 4.68 Å². The van der Waals surface area contributed by atoms with E-state index in [0.717, 1.165) is 0 Å². The second-order valence-corrected chi connectivity index (χ2v) is 3.56. The molecule has 1 heterocycles. The van der Waals surface area contributed by atoms with Gasteiger partial charge in [0.05, 0.1) is 11.7 Å². The minimum atomic E-state index is 0.364. The van der Waals surface area contributed by atoms with Crippen LogP contribution in [0.1, 0.15) is 18.5 Å². The van der Waals surface area contributed by atoms with E-state index in [1.807, 2.05) is 25.0 Å². The van der Waals surface area contributed by atoms with Gasteiger partial charge in [0.25, 0.3) is 0 Å². The van der Waals surface area contributed by atoms with E-state index in [1.165, 1.54) is 16.5 Å². The summed E-state index contributed by atoms with van der Waals surface area (Å²) < 4.78 is 1.90. The molecule has 0 radical (unpaired) electrons. The van der Waals surface area contributed by atoms with Gasteiger partial charge in [-0.15, -0.1) is 0 Å². The van der Waals surface area contributed by atoms with Gasteiger partial charge in [0, 0.05) is 18.5 Å². The maximum Gasteiger partial charge on any atom is 0.0682 e. The summed E-state index contributed by atoms with van der Waals surface area (Å²) >= 11 is 0. The Morgan fingerprint density at radius 3 is 2.93 bits per heavy atom. The number of hydrogen-bond donors (Lipinski definition) is 1. The first-order valence-corrected chi connectivity index (χ1v) is 4.82. The van der Waals surface area contributed by atoms with Crippen molar-refractivity contribution >= 4 is 10.9 Å². The number of rotatable bonds is 2. The standard InChI is InChI=1S/C11H15N3/c1-8(12-2)9-5-4-6-11-10(9)7-13-14(11)3/h4-8,12H,1-3H3. The van der Waals surface area contributed by atoms with Gasteiger partial charge in [-0.05, 0) is 25.6 Å². The van der Waals surface area contributed by atoms with E-state index in [2.05, 4.69) is 35.5 Å². The predicted octanol–water partition coefficient (Wildman–Crippen LogP) is 1.85. The highest BCUT2D eigenvalue weighted by Crippen LogP contribution is 2.22. The Morgan fingerprint density at radius 2 is 2.21 bits per heavy atom. The summed E-state index contributed by atoms with van der Waals surface area (Å²) in [5.74, 6) is 0. The summed E-state index contributed by atoms with van der Waals surface area (Å²) in [6.45, 7) is 2.15. The lowest BCUT2D eigenvalue weighted by molar-refractivity contribution is 0.657. The van der Waals surface area contributed by atoms with Gasteiger partial charge >= 0.3 is 0 Å². The van der Waals surface area contributed by atoms with Gasteiger partial charge in [0.15, 0.2) is 0 Å². The fourth-order valence-electron chi connectivity index (χ4n) is 1.73. The summed E-state index contributed by atoms with van der Waals surface area (Å²) in [6, 6.07) is 6.68. The molecule has 0 bridgehead atoms. The van der Waals surface area contributed by atoms with Crippen molar-refractivity contribution in [3.63, 3.8) is 0 Å². The van der Waals surface area contributed by atoms with Crippen molar-refractivity contribution in [2.75, 3.05) is 7.05 Å². The van der Waals surface area contributed by atoms with Gasteiger partial charge in [-0.2, -0.15) is 5.10 Å². The van der Waals surface area contributed by atoms with E-state index in [0.29, 0.717) is 6.04 Å². The number of benzene rings is 1. The highest BCUT2D eigenvalue weighted by molar-refractivity contribution is 5.82. The molecule has 14 heavy (non-hydrogen) atoms. The van der Waals surface area contributed by atoms with Crippen LogP contribution >= 0.6 is 0 Å². The van der Waals surface area contributed by atoms with E-state index >= 15 is 0 Å². The second kappa shape index (κ2) is 3.42. The Bertz CT molecular complexity index is 445. The van der Waals surface area contributed by atoms with Crippen molar-refractivity contribution in [1.82, 2.24) is 15.1 Å². The molecule has 1 aromatic carbocycles. The maximum absolute atomic E-state index is 4.26. The number of nitrogens with one attached hydrogen (secondary N) is 1. The number of hydrogen-bond acceptors (Lipinski definition) is 2. The molecule has 3 heteroatoms. The topological polar surface area (TPSA) is 29.9 Å². The zero-order valence-corrected chi connectivity index (χ0v) is 8.78. The van der Waals surface area contributed by atoms with Crippen molar-refractivity contribution in [2.24, 2.45) is 7.05 Å². The zero-order valence-electron chi connectivity index (χ0n) is 8.78. The zero-order chi connectivity index (χ0) is 10.1. The molecule has 2 aromatic rings. The molecule has 0 aliphatic carbocycles. The van der Waals surface area contributed by atoms with Crippen LogP contribution in [-0.2, 0) is 7.05 Å². The number of aromatic nitrogens is 2. The largest absolute Gasteiger partial charge is 0.313 e. The van der Waals surface area contributed by atoms with Crippen molar-refractivity contribution in [3.8, 4) is 0 Å². The molecular weight excluding hydrogens is 174 g/mol. The van der Waals surface area contributed by atoms with E-state index in [-0.39, 0.29) is 0 Å². The third-order valence-corrected chi connectivity index (χ3v) is 2.73. The molecule has 1 atom stereocenters. The number of fused-ring (bicyclic) bond motifs is 1. The lowest BCUT2D eigenvalue weighted by atomic mass is 10.0. The SMILES string of the molecule is CNC(C)c1cccc2c1cnn2C. The molecular formula is C11H15N3. The lowest BCUT2D eigenvalue weighted by Crippen LogP contribution is -2.12. The molecule has 0 aliphatic heterocycles. The molecule has 0 fully saturated rings. The van der Waals surface area contributed by atoms with Gasteiger partial charge in [-0.25, -0.2) is 0 Å². The Hall–Kier alpha value is -1.35. The Kier molecular flexibility index (Phi) is 2.25. The van der Waals surface area contributed by atoms with Crippen LogP contribution in [-0.4, -0.2) is 16.8 Å². The van der Waals surface area contributed by atoms with E-state index in [4.69, 9.17) is 0 Å². The van der Waals surface area contributed by atoms with Crippen molar-refractivity contribution in [2.45, 2.75) is 13.0 Å². The maximum atomic E-state index is 4.26. The van der Waals surface area contributed by atoms with Crippen LogP contribution in [0, 0.1) is 0 Å². The third-order valence-electron chi connectivity index (χ3n) is 2.73. The lowest BCUT2D eigenvalue weighted by Gasteiger charge is -2.11. The van der Waals surface area contributed by atoms with E-state index in [9.17, 15) is 0 Å². The van der Waals surface area contributed by atoms with Gasteiger partial charge in [0.1, 0.15) is 0 Å². The third kappa shape index (κ3) is 1.30. The average molecular weight is 189 g/mol. The molecule has 74 valence electrons. The first-order valence-electron chi connectivity index (χ1n) is 4.82. The van der Waals surface area contributed by atoms with Crippen molar-refractivity contribution in [3.05, 3.63) is 30.0 Å². The van der Waals surface area contributed by atoms with Crippen LogP contribution in [0.5, 0.6) is 0 Å². The minimum absolute atomic E-state index is 0.364. The summed E-state index contributed by atoms with van der Waals surface area (Å²) in [6.07, 6.45) is 1.93. The van der Waals surface area contributed by atoms with Crippen molar-refractivity contribution in [1.29, 1.82) is 0 Å². The summed E-state index contributed by atoms with van der Waals surface area (Å²) in [5.41, 5.74) is 2.49. The summed E-state index contributed by atoms with van der Waals surface area (Å²) in [5, 5.41) is 8.74. The molecule has 0 saturated heterocycles. The monoisotopic (exact) mass is 189 g/mol. The molecule has 0 amide bonds. The van der Waals surface area contributed by atoms with Gasteiger partial charge in [-0.1, -0.05) is 12.1 Å². The van der Waals surface area contributed by atoms with Crippen LogP contribution in [0.25, 0.3) is 10.9 Å². The van der Waals surface area contributed by atoms with Gasteiger partial charge < -0.3 is 5.32 Å². The first-order chi connectivity index (χ1) is 6.74. The highest BCUT2D eigenvalue weighted by atomic mass is 15.2. The second-order valence-electron chi connectivity index (χ2n) is 3.56. The fourth-order valence-corrected chi connectivity index (χ4v) is 1.73. The molecule has 0 saturated carbocycles. The Balaban J connectivity index is 2.65. The van der Waals surface area contributed by atoms with E-state index in [1.54, 1.807) is 0 Å². The van der Waals surface area contributed by atoms with Gasteiger partial charge in [0.2, 0.25) is 0 Å². The van der Waals surface area contributed by atoms with Crippen LogP contribution in [0.3, 0.4) is 0 Å². The molecule has 3 nitrogen and oxygen atoms in total. The van der Waals surface area contributed by atoms with Crippen LogP contribution in [0.2, 0.25) is 0 Å². The quantitative estimate of drug-likeness (QED) is 0.781. The molecule has 0 spiro atoms.